The molecule has 0 aliphatic rings. The van der Waals surface area contributed by atoms with Gasteiger partial charge in [-0.1, -0.05) is 13.8 Å². The lowest BCUT2D eigenvalue weighted by molar-refractivity contribution is 0.784. The Labute approximate surface area is 99.2 Å². The van der Waals surface area contributed by atoms with Crippen molar-refractivity contribution in [3.63, 3.8) is 0 Å². The van der Waals surface area contributed by atoms with Crippen molar-refractivity contribution in [2.75, 3.05) is 5.75 Å². The number of nitrogens with zero attached hydrogens (tertiary/aromatic N) is 2. The summed E-state index contributed by atoms with van der Waals surface area (Å²) in [7, 11) is 0. The van der Waals surface area contributed by atoms with E-state index in [1.807, 2.05) is 17.0 Å². The molecule has 0 aliphatic heterocycles. The fourth-order valence-electron chi connectivity index (χ4n) is 1.93. The number of hydrogen-bond donors (Lipinski definition) is 0. The third-order valence-corrected chi connectivity index (χ3v) is 3.06. The molecule has 0 fully saturated rings. The largest absolute Gasteiger partial charge is 0.332 e. The minimum atomic E-state index is 0.370. The van der Waals surface area contributed by atoms with Crippen molar-refractivity contribution in [3.05, 3.63) is 30.1 Å². The average Bonchev–Trinajstić information content (AvgIpc) is 2.69. The van der Waals surface area contributed by atoms with Gasteiger partial charge in [0.05, 0.1) is 0 Å². The van der Waals surface area contributed by atoms with Crippen LogP contribution in [0.25, 0.3) is 11.0 Å². The molecule has 2 aromatic rings. The molecular formula is C12H15FN2S. The minimum Gasteiger partial charge on any atom is -0.332 e. The Bertz CT molecular complexity index is 479. The molecule has 0 amide bonds. The second-order valence-electron chi connectivity index (χ2n) is 4.11. The summed E-state index contributed by atoms with van der Waals surface area (Å²) in [4.78, 5) is 4.37. The van der Waals surface area contributed by atoms with Gasteiger partial charge in [0.1, 0.15) is 5.65 Å². The van der Waals surface area contributed by atoms with Crippen LogP contribution >= 0.6 is 12.1 Å². The highest BCUT2D eigenvalue weighted by molar-refractivity contribution is 7.94. The summed E-state index contributed by atoms with van der Waals surface area (Å²) >= 11 is 0.370. The lowest BCUT2D eigenvalue weighted by Crippen LogP contribution is -1.99. The maximum atomic E-state index is 12.1. The van der Waals surface area contributed by atoms with Crippen molar-refractivity contribution in [1.29, 1.82) is 0 Å². The Morgan fingerprint density at radius 1 is 1.44 bits per heavy atom. The molecule has 16 heavy (non-hydrogen) atoms. The van der Waals surface area contributed by atoms with Gasteiger partial charge in [0.25, 0.3) is 0 Å². The van der Waals surface area contributed by atoms with Gasteiger partial charge in [-0.3, -0.25) is 0 Å². The van der Waals surface area contributed by atoms with Gasteiger partial charge in [-0.2, -0.15) is 3.89 Å². The van der Waals surface area contributed by atoms with E-state index in [-0.39, 0.29) is 0 Å². The summed E-state index contributed by atoms with van der Waals surface area (Å²) in [5.74, 6) is 0.953. The van der Waals surface area contributed by atoms with E-state index in [4.69, 9.17) is 0 Å². The second kappa shape index (κ2) is 4.87. The fourth-order valence-corrected chi connectivity index (χ4v) is 2.19. The maximum absolute atomic E-state index is 12.1. The average molecular weight is 238 g/mol. The molecule has 0 atom stereocenters. The Kier molecular flexibility index (Phi) is 3.49. The Morgan fingerprint density at radius 3 is 2.94 bits per heavy atom. The van der Waals surface area contributed by atoms with Gasteiger partial charge < -0.3 is 4.57 Å². The molecule has 2 heterocycles. The third-order valence-electron chi connectivity index (χ3n) is 2.73. The highest BCUT2D eigenvalue weighted by Crippen LogP contribution is 2.24. The molecule has 86 valence electrons. The number of aryl methyl sites for hydroxylation is 1. The lowest BCUT2D eigenvalue weighted by Gasteiger charge is -2.07. The molecule has 2 nitrogen and oxygen atoms in total. The zero-order valence-electron chi connectivity index (χ0n) is 9.48. The normalized spacial score (nSPS) is 11.5. The zero-order chi connectivity index (χ0) is 11.5. The number of pyridine rings is 1. The van der Waals surface area contributed by atoms with Crippen LogP contribution in [0.3, 0.4) is 0 Å². The summed E-state index contributed by atoms with van der Waals surface area (Å²) in [6.07, 6.45) is 3.82. The number of fused-ring (bicyclic) bond motifs is 1. The smallest absolute Gasteiger partial charge is 0.140 e. The standard InChI is InChI=1S/C12H15FN2S/c1-9(2)10-3-5-14-12-11(10)4-6-15(12)7-8-16-13/h3-6,9H,7-8H2,1-2H3. The first kappa shape index (κ1) is 11.5. The molecule has 4 heteroatoms. The summed E-state index contributed by atoms with van der Waals surface area (Å²) in [6.45, 7) is 5.01. The van der Waals surface area contributed by atoms with Crippen LogP contribution in [0.5, 0.6) is 0 Å². The molecule has 2 rings (SSSR count). The van der Waals surface area contributed by atoms with Gasteiger partial charge >= 0.3 is 0 Å². The van der Waals surface area contributed by atoms with Crippen LogP contribution in [0, 0.1) is 0 Å². The van der Waals surface area contributed by atoms with E-state index in [9.17, 15) is 3.89 Å². The number of aromatic nitrogens is 2. The third kappa shape index (κ3) is 2.07. The first-order chi connectivity index (χ1) is 7.74. The Balaban J connectivity index is 2.44. The lowest BCUT2D eigenvalue weighted by atomic mass is 10.0. The van der Waals surface area contributed by atoms with Crippen molar-refractivity contribution in [1.82, 2.24) is 9.55 Å². The summed E-state index contributed by atoms with van der Waals surface area (Å²) < 4.78 is 14.1. The van der Waals surface area contributed by atoms with Crippen LogP contribution in [-0.2, 0) is 6.54 Å². The van der Waals surface area contributed by atoms with Crippen LogP contribution in [0.2, 0.25) is 0 Å². The van der Waals surface area contributed by atoms with Crippen molar-refractivity contribution in [2.24, 2.45) is 0 Å². The number of hydrogen-bond acceptors (Lipinski definition) is 2. The Hall–Kier alpha value is -1.03. The summed E-state index contributed by atoms with van der Waals surface area (Å²) in [6, 6.07) is 4.13. The van der Waals surface area contributed by atoms with E-state index in [1.54, 1.807) is 0 Å². The van der Waals surface area contributed by atoms with Gasteiger partial charge in [-0.15, -0.1) is 0 Å². The maximum Gasteiger partial charge on any atom is 0.140 e. The minimum absolute atomic E-state index is 0.370. The molecule has 0 bridgehead atoms. The summed E-state index contributed by atoms with van der Waals surface area (Å²) in [5, 5.41) is 1.18. The zero-order valence-corrected chi connectivity index (χ0v) is 10.3. The number of halogens is 1. The molecule has 2 aromatic heterocycles. The fraction of sp³-hybridized carbons (Fsp3) is 0.417. The van der Waals surface area contributed by atoms with Crippen molar-refractivity contribution in [3.8, 4) is 0 Å². The van der Waals surface area contributed by atoms with Gasteiger partial charge in [0.2, 0.25) is 0 Å². The van der Waals surface area contributed by atoms with Gasteiger partial charge in [-0.05, 0) is 23.6 Å². The van der Waals surface area contributed by atoms with E-state index in [2.05, 4.69) is 31.0 Å². The van der Waals surface area contributed by atoms with Crippen LogP contribution < -0.4 is 0 Å². The first-order valence-corrected chi connectivity index (χ1v) is 6.30. The van der Waals surface area contributed by atoms with Gasteiger partial charge in [0, 0.05) is 42.2 Å². The highest BCUT2D eigenvalue weighted by atomic mass is 32.2. The van der Waals surface area contributed by atoms with E-state index in [0.29, 0.717) is 30.4 Å². The highest BCUT2D eigenvalue weighted by Gasteiger charge is 2.08. The van der Waals surface area contributed by atoms with Gasteiger partial charge in [0.15, 0.2) is 0 Å². The second-order valence-corrected chi connectivity index (χ2v) is 4.74. The predicted molar refractivity (Wildman–Crippen MR) is 67.4 cm³/mol. The quantitative estimate of drug-likeness (QED) is 0.806. The molecule has 0 aliphatic carbocycles. The molecule has 0 N–H and O–H groups in total. The van der Waals surface area contributed by atoms with E-state index >= 15 is 0 Å². The molecule has 0 aromatic carbocycles. The molecular weight excluding hydrogens is 223 g/mol. The van der Waals surface area contributed by atoms with Crippen molar-refractivity contribution in [2.45, 2.75) is 26.3 Å². The summed E-state index contributed by atoms with van der Waals surface area (Å²) in [5.41, 5.74) is 2.26. The van der Waals surface area contributed by atoms with E-state index in [1.165, 1.54) is 10.9 Å². The van der Waals surface area contributed by atoms with Crippen molar-refractivity contribution >= 4 is 23.2 Å². The van der Waals surface area contributed by atoms with Crippen LogP contribution in [0.15, 0.2) is 24.5 Å². The van der Waals surface area contributed by atoms with Crippen molar-refractivity contribution < 1.29 is 3.89 Å². The predicted octanol–water partition coefficient (Wildman–Crippen LogP) is 3.78. The van der Waals surface area contributed by atoms with Crippen LogP contribution in [-0.4, -0.2) is 15.3 Å². The van der Waals surface area contributed by atoms with Crippen LogP contribution in [0.1, 0.15) is 25.3 Å². The molecule has 0 saturated carbocycles. The van der Waals surface area contributed by atoms with E-state index < -0.39 is 0 Å². The SMILES string of the molecule is CC(C)c1ccnc2c1ccn2CCSF. The first-order valence-electron chi connectivity index (χ1n) is 5.41. The molecule has 0 unspecified atom stereocenters. The Morgan fingerprint density at radius 2 is 2.25 bits per heavy atom. The topological polar surface area (TPSA) is 17.8 Å². The van der Waals surface area contributed by atoms with Gasteiger partial charge in [-0.25, -0.2) is 4.98 Å². The molecule has 0 radical (unpaired) electrons. The van der Waals surface area contributed by atoms with E-state index in [0.717, 1.165) is 5.65 Å². The number of rotatable bonds is 4. The molecule has 0 spiro atoms. The van der Waals surface area contributed by atoms with Crippen LogP contribution in [0.4, 0.5) is 3.89 Å². The molecule has 0 saturated heterocycles. The monoisotopic (exact) mass is 238 g/mol.